The molecule has 1 unspecified atom stereocenters. The van der Waals surface area contributed by atoms with Crippen molar-refractivity contribution in [2.45, 2.75) is 47.2 Å². The third-order valence-electron chi connectivity index (χ3n) is 4.56. The van der Waals surface area contributed by atoms with Gasteiger partial charge in [-0.25, -0.2) is 4.79 Å². The monoisotopic (exact) mass is 378 g/mol. The molecule has 0 aliphatic carbocycles. The Bertz CT molecular complexity index is 720. The molecule has 1 heterocycles. The molecule has 0 N–H and O–H groups in total. The highest BCUT2D eigenvalue weighted by Gasteiger charge is 2.32. The maximum absolute atomic E-state index is 13.2. The largest absolute Gasteiger partial charge is 0.461 e. The number of carbonyl (C=O) groups is 3. The molecule has 1 atom stereocenters. The first kappa shape index (κ1) is 22.6. The molecule has 0 aromatic carbocycles. The normalized spacial score (nSPS) is 11.8. The second-order valence-corrected chi connectivity index (χ2v) is 6.21. The molecular formula is C20H30N2O5. The van der Waals surface area contributed by atoms with Gasteiger partial charge in [0.1, 0.15) is 12.3 Å². The first-order chi connectivity index (χ1) is 12.8. The van der Waals surface area contributed by atoms with Crippen molar-refractivity contribution in [3.05, 3.63) is 35.2 Å². The number of hydrogen-bond donors (Lipinski definition) is 0. The Morgan fingerprint density at radius 1 is 1.26 bits per heavy atom. The van der Waals surface area contributed by atoms with Crippen molar-refractivity contribution < 1.29 is 23.9 Å². The average molecular weight is 378 g/mol. The number of carbonyl (C=O) groups excluding carboxylic acids is 3. The van der Waals surface area contributed by atoms with Crippen LogP contribution in [-0.4, -0.2) is 60.0 Å². The summed E-state index contributed by atoms with van der Waals surface area (Å²) < 4.78 is 11.8. The van der Waals surface area contributed by atoms with Gasteiger partial charge in [0, 0.05) is 31.5 Å². The van der Waals surface area contributed by atoms with Crippen LogP contribution in [0.4, 0.5) is 0 Å². The SMILES string of the molecule is C=CCN(C(=O)COC)C(C)C(=O)c1c(C)c(C(=O)OCC)n(CC)c1C. The van der Waals surface area contributed by atoms with E-state index in [1.807, 2.05) is 6.92 Å². The van der Waals surface area contributed by atoms with E-state index in [2.05, 4.69) is 6.58 Å². The Balaban J connectivity index is 3.38. The van der Waals surface area contributed by atoms with Gasteiger partial charge in [0.05, 0.1) is 12.6 Å². The van der Waals surface area contributed by atoms with E-state index in [-0.39, 0.29) is 31.4 Å². The van der Waals surface area contributed by atoms with Crippen molar-refractivity contribution >= 4 is 17.7 Å². The van der Waals surface area contributed by atoms with Crippen molar-refractivity contribution in [3.8, 4) is 0 Å². The highest BCUT2D eigenvalue weighted by Crippen LogP contribution is 2.25. The van der Waals surface area contributed by atoms with Gasteiger partial charge in [-0.15, -0.1) is 6.58 Å². The number of ether oxygens (including phenoxy) is 2. The lowest BCUT2D eigenvalue weighted by molar-refractivity contribution is -0.135. The van der Waals surface area contributed by atoms with E-state index >= 15 is 0 Å². The summed E-state index contributed by atoms with van der Waals surface area (Å²) in [5.41, 5.74) is 2.09. The second-order valence-electron chi connectivity index (χ2n) is 6.21. The number of hydrogen-bond acceptors (Lipinski definition) is 5. The van der Waals surface area contributed by atoms with Crippen molar-refractivity contribution in [1.82, 2.24) is 9.47 Å². The standard InChI is InChI=1S/C20H30N2O5/c1-8-11-22(16(23)12-26-7)15(6)19(24)17-13(4)18(20(25)27-10-3)21(9-2)14(17)5/h8,15H,1,9-12H2,2-7H3. The molecule has 1 amide bonds. The van der Waals surface area contributed by atoms with E-state index in [9.17, 15) is 14.4 Å². The van der Waals surface area contributed by atoms with Crippen LogP contribution in [0.15, 0.2) is 12.7 Å². The molecule has 0 aliphatic rings. The lowest BCUT2D eigenvalue weighted by Crippen LogP contribution is -2.45. The summed E-state index contributed by atoms with van der Waals surface area (Å²) in [6.07, 6.45) is 1.57. The summed E-state index contributed by atoms with van der Waals surface area (Å²) in [7, 11) is 1.43. The number of nitrogens with zero attached hydrogens (tertiary/aromatic N) is 2. The molecule has 0 fully saturated rings. The van der Waals surface area contributed by atoms with E-state index < -0.39 is 12.0 Å². The predicted molar refractivity (Wildman–Crippen MR) is 103 cm³/mol. The molecule has 0 bridgehead atoms. The van der Waals surface area contributed by atoms with Gasteiger partial charge in [-0.3, -0.25) is 9.59 Å². The molecule has 0 spiro atoms. The molecule has 1 rings (SSSR count). The Hall–Kier alpha value is -2.41. The predicted octanol–water partition coefficient (Wildman–Crippen LogP) is 2.53. The third kappa shape index (κ3) is 4.66. The lowest BCUT2D eigenvalue weighted by atomic mass is 9.99. The minimum Gasteiger partial charge on any atom is -0.461 e. The minimum absolute atomic E-state index is 0.118. The zero-order valence-electron chi connectivity index (χ0n) is 17.1. The summed E-state index contributed by atoms with van der Waals surface area (Å²) in [6, 6.07) is -0.717. The fraction of sp³-hybridized carbons (Fsp3) is 0.550. The fourth-order valence-electron chi connectivity index (χ4n) is 3.29. The van der Waals surface area contributed by atoms with Crippen molar-refractivity contribution in [1.29, 1.82) is 0 Å². The van der Waals surface area contributed by atoms with Gasteiger partial charge in [0.2, 0.25) is 5.91 Å². The molecule has 1 aromatic rings. The zero-order chi connectivity index (χ0) is 20.7. The van der Waals surface area contributed by atoms with E-state index in [1.54, 1.807) is 38.3 Å². The maximum atomic E-state index is 13.2. The van der Waals surface area contributed by atoms with E-state index in [4.69, 9.17) is 9.47 Å². The van der Waals surface area contributed by atoms with Gasteiger partial charge in [-0.2, -0.15) is 0 Å². The van der Waals surface area contributed by atoms with Crippen LogP contribution in [0.1, 0.15) is 52.9 Å². The molecule has 0 saturated carbocycles. The van der Waals surface area contributed by atoms with Crippen LogP contribution >= 0.6 is 0 Å². The number of ketones is 1. The summed E-state index contributed by atoms with van der Waals surface area (Å²) >= 11 is 0. The Labute approximate surface area is 160 Å². The maximum Gasteiger partial charge on any atom is 0.355 e. The van der Waals surface area contributed by atoms with Crippen molar-refractivity contribution in [3.63, 3.8) is 0 Å². The third-order valence-corrected chi connectivity index (χ3v) is 4.56. The molecule has 27 heavy (non-hydrogen) atoms. The number of Topliss-reactive ketones (excluding diaryl/α,β-unsaturated/α-hetero) is 1. The minimum atomic E-state index is -0.717. The highest BCUT2D eigenvalue weighted by molar-refractivity contribution is 6.06. The lowest BCUT2D eigenvalue weighted by Gasteiger charge is -2.27. The van der Waals surface area contributed by atoms with Gasteiger partial charge in [0.15, 0.2) is 5.78 Å². The summed E-state index contributed by atoms with van der Waals surface area (Å²) in [6.45, 7) is 13.4. The molecule has 150 valence electrons. The van der Waals surface area contributed by atoms with E-state index in [0.717, 1.165) is 0 Å². The van der Waals surface area contributed by atoms with Crippen LogP contribution in [-0.2, 0) is 20.8 Å². The van der Waals surface area contributed by atoms with Crippen LogP contribution in [0.25, 0.3) is 0 Å². The van der Waals surface area contributed by atoms with E-state index in [0.29, 0.717) is 29.1 Å². The van der Waals surface area contributed by atoms with Gasteiger partial charge in [-0.05, 0) is 40.2 Å². The number of rotatable bonds is 10. The summed E-state index contributed by atoms with van der Waals surface area (Å²) in [4.78, 5) is 39.4. The first-order valence-corrected chi connectivity index (χ1v) is 9.06. The van der Waals surface area contributed by atoms with Gasteiger partial charge < -0.3 is 18.9 Å². The van der Waals surface area contributed by atoms with Crippen molar-refractivity contribution in [2.75, 3.05) is 26.9 Å². The fourth-order valence-corrected chi connectivity index (χ4v) is 3.29. The summed E-state index contributed by atoms with van der Waals surface area (Å²) in [5.74, 6) is -0.979. The number of esters is 1. The number of aromatic nitrogens is 1. The molecule has 0 aliphatic heterocycles. The highest BCUT2D eigenvalue weighted by atomic mass is 16.5. The average Bonchev–Trinajstić information content (AvgIpc) is 2.88. The Morgan fingerprint density at radius 2 is 1.89 bits per heavy atom. The van der Waals surface area contributed by atoms with Crippen molar-refractivity contribution in [2.24, 2.45) is 0 Å². The number of amides is 1. The molecular weight excluding hydrogens is 348 g/mol. The van der Waals surface area contributed by atoms with E-state index in [1.165, 1.54) is 12.0 Å². The van der Waals surface area contributed by atoms with Crippen LogP contribution in [0.3, 0.4) is 0 Å². The smallest absolute Gasteiger partial charge is 0.355 e. The number of methoxy groups -OCH3 is 1. The summed E-state index contributed by atoms with van der Waals surface area (Å²) in [5, 5.41) is 0. The molecule has 0 saturated heterocycles. The van der Waals surface area contributed by atoms with Crippen LogP contribution < -0.4 is 0 Å². The van der Waals surface area contributed by atoms with Gasteiger partial charge in [0.25, 0.3) is 0 Å². The first-order valence-electron chi connectivity index (χ1n) is 9.06. The molecule has 0 radical (unpaired) electrons. The van der Waals surface area contributed by atoms with Crippen LogP contribution in [0.5, 0.6) is 0 Å². The molecule has 7 heteroatoms. The Kier molecular flexibility index (Phi) is 8.43. The molecule has 7 nitrogen and oxygen atoms in total. The Morgan fingerprint density at radius 3 is 2.37 bits per heavy atom. The van der Waals surface area contributed by atoms with Crippen LogP contribution in [0, 0.1) is 13.8 Å². The topological polar surface area (TPSA) is 77.8 Å². The second kappa shape index (κ2) is 10.1. The molecule has 1 aromatic heterocycles. The zero-order valence-corrected chi connectivity index (χ0v) is 17.1. The quantitative estimate of drug-likeness (QED) is 0.355. The van der Waals surface area contributed by atoms with Gasteiger partial charge in [-0.1, -0.05) is 6.08 Å². The van der Waals surface area contributed by atoms with Gasteiger partial charge >= 0.3 is 5.97 Å². The van der Waals surface area contributed by atoms with Crippen LogP contribution in [0.2, 0.25) is 0 Å².